The fraction of sp³-hybridized carbons (Fsp3) is 0.333. The minimum absolute atomic E-state index is 0.00529. The molecular weight excluding hydrogens is 449 g/mol. The maximum Gasteiger partial charge on any atom is 0.353 e. The van der Waals surface area contributed by atoms with Crippen molar-refractivity contribution in [1.82, 2.24) is 15.3 Å². The molecule has 1 aliphatic rings. The molecule has 11 nitrogen and oxygen atoms in total. The van der Waals surface area contributed by atoms with E-state index in [0.717, 1.165) is 0 Å². The molecule has 2 amide bonds. The highest BCUT2D eigenvalue weighted by molar-refractivity contribution is 6.34. The molecule has 1 aliphatic heterocycles. The van der Waals surface area contributed by atoms with Crippen molar-refractivity contribution in [2.24, 2.45) is 5.73 Å². The minimum atomic E-state index is -0.715. The first-order valence-corrected chi connectivity index (χ1v) is 10.0. The lowest BCUT2D eigenvalue weighted by Crippen LogP contribution is -2.46. The molecule has 1 atom stereocenters. The number of carbonyl (C=O) groups is 2. The fourth-order valence-electron chi connectivity index (χ4n) is 3.36. The number of carbonyl (C=O) groups excluding carboxylic acids is 2. The molecule has 0 bridgehead atoms. The fourth-order valence-corrected chi connectivity index (χ4v) is 3.93. The molecule has 1 fully saturated rings. The lowest BCUT2D eigenvalue weighted by molar-refractivity contribution is -0.383. The van der Waals surface area contributed by atoms with Gasteiger partial charge in [0.05, 0.1) is 11.5 Å². The summed E-state index contributed by atoms with van der Waals surface area (Å²) >= 11 is 12.0. The third kappa shape index (κ3) is 5.50. The van der Waals surface area contributed by atoms with Gasteiger partial charge in [-0.15, -0.1) is 0 Å². The number of hydrogen-bond donors (Lipinski definition) is 3. The van der Waals surface area contributed by atoms with E-state index in [4.69, 9.17) is 28.9 Å². The Bertz CT molecular complexity index is 1000. The van der Waals surface area contributed by atoms with E-state index >= 15 is 0 Å². The largest absolute Gasteiger partial charge is 0.368 e. The molecule has 1 unspecified atom stereocenters. The average Bonchev–Trinajstić information content (AvgIpc) is 3.19. The zero-order valence-corrected chi connectivity index (χ0v) is 17.7. The second-order valence-electron chi connectivity index (χ2n) is 6.82. The van der Waals surface area contributed by atoms with Gasteiger partial charge in [0.15, 0.2) is 0 Å². The molecule has 0 radical (unpaired) electrons. The number of nitrogens with one attached hydrogen (secondary N) is 2. The number of primary amides is 1. The Morgan fingerprint density at radius 3 is 2.61 bits per heavy atom. The van der Waals surface area contributed by atoms with Gasteiger partial charge in [0, 0.05) is 23.1 Å². The van der Waals surface area contributed by atoms with Crippen LogP contribution in [-0.2, 0) is 16.1 Å². The molecule has 164 valence electrons. The van der Waals surface area contributed by atoms with Crippen LogP contribution in [0.5, 0.6) is 0 Å². The summed E-state index contributed by atoms with van der Waals surface area (Å²) < 4.78 is 0. The molecule has 31 heavy (non-hydrogen) atoms. The van der Waals surface area contributed by atoms with Crippen molar-refractivity contribution in [2.75, 3.05) is 23.3 Å². The van der Waals surface area contributed by atoms with Crippen molar-refractivity contribution in [3.8, 4) is 0 Å². The topological polar surface area (TPSA) is 156 Å². The number of nitrogens with zero attached hydrogens (tertiary/aromatic N) is 4. The molecule has 1 saturated heterocycles. The van der Waals surface area contributed by atoms with Gasteiger partial charge in [0.1, 0.15) is 12.4 Å². The summed E-state index contributed by atoms with van der Waals surface area (Å²) in [7, 11) is 0. The Labute approximate surface area is 187 Å². The summed E-state index contributed by atoms with van der Waals surface area (Å²) in [5.41, 5.74) is 5.42. The second-order valence-corrected chi connectivity index (χ2v) is 7.69. The standard InChI is InChI=1S/C18H19Cl2N7O4/c19-11-4-10(5-12(20)6-11)7-22-16-15(27(30)31)17(25-9-24-16)26-3-1-2-13(26)18(29)23-8-14(21)28/h4-6,9,13H,1-3,7-8H2,(H2,21,28)(H,23,29)(H,22,24,25). The van der Waals surface area contributed by atoms with E-state index < -0.39 is 22.8 Å². The molecule has 0 aliphatic carbocycles. The van der Waals surface area contributed by atoms with E-state index in [9.17, 15) is 19.7 Å². The van der Waals surface area contributed by atoms with Gasteiger partial charge in [-0.25, -0.2) is 9.97 Å². The molecule has 0 spiro atoms. The van der Waals surface area contributed by atoms with E-state index in [-0.39, 0.29) is 30.4 Å². The number of amides is 2. The highest BCUT2D eigenvalue weighted by Crippen LogP contribution is 2.36. The number of anilines is 2. The predicted molar refractivity (Wildman–Crippen MR) is 115 cm³/mol. The van der Waals surface area contributed by atoms with Crippen LogP contribution in [0.1, 0.15) is 18.4 Å². The van der Waals surface area contributed by atoms with E-state index in [1.54, 1.807) is 18.2 Å². The van der Waals surface area contributed by atoms with Crippen LogP contribution in [0.25, 0.3) is 0 Å². The number of halogens is 2. The van der Waals surface area contributed by atoms with Gasteiger partial charge in [-0.1, -0.05) is 23.2 Å². The van der Waals surface area contributed by atoms with Crippen LogP contribution in [0.4, 0.5) is 17.3 Å². The quantitative estimate of drug-likeness (QED) is 0.392. The van der Waals surface area contributed by atoms with Crippen LogP contribution in [0, 0.1) is 10.1 Å². The van der Waals surface area contributed by atoms with Gasteiger partial charge in [-0.3, -0.25) is 19.7 Å². The summed E-state index contributed by atoms with van der Waals surface area (Å²) in [5, 5.41) is 18.1. The number of rotatable bonds is 8. The number of aromatic nitrogens is 2. The maximum absolute atomic E-state index is 12.5. The molecule has 1 aromatic heterocycles. The molecule has 1 aromatic carbocycles. The molecule has 3 rings (SSSR count). The smallest absolute Gasteiger partial charge is 0.353 e. The van der Waals surface area contributed by atoms with Gasteiger partial charge in [0.25, 0.3) is 0 Å². The number of nitro groups is 1. The summed E-state index contributed by atoms with van der Waals surface area (Å²) in [6.07, 6.45) is 2.27. The Morgan fingerprint density at radius 2 is 1.97 bits per heavy atom. The van der Waals surface area contributed by atoms with Gasteiger partial charge in [-0.2, -0.15) is 0 Å². The third-order valence-corrected chi connectivity index (χ3v) is 5.07. The van der Waals surface area contributed by atoms with Crippen molar-refractivity contribution >= 4 is 52.3 Å². The van der Waals surface area contributed by atoms with Crippen molar-refractivity contribution in [2.45, 2.75) is 25.4 Å². The second kappa shape index (κ2) is 9.75. The van der Waals surface area contributed by atoms with Crippen LogP contribution >= 0.6 is 23.2 Å². The van der Waals surface area contributed by atoms with Crippen LogP contribution in [0.15, 0.2) is 24.5 Å². The normalized spacial score (nSPS) is 15.5. The van der Waals surface area contributed by atoms with Crippen LogP contribution in [0.3, 0.4) is 0 Å². The molecular formula is C18H19Cl2N7O4. The average molecular weight is 468 g/mol. The highest BCUT2D eigenvalue weighted by Gasteiger charge is 2.37. The first-order valence-electron chi connectivity index (χ1n) is 9.27. The minimum Gasteiger partial charge on any atom is -0.368 e. The van der Waals surface area contributed by atoms with Crippen LogP contribution in [0.2, 0.25) is 10.0 Å². The monoisotopic (exact) mass is 467 g/mol. The lowest BCUT2D eigenvalue weighted by Gasteiger charge is -2.24. The van der Waals surface area contributed by atoms with E-state index in [0.29, 0.717) is 35.0 Å². The van der Waals surface area contributed by atoms with Gasteiger partial charge in [0.2, 0.25) is 23.5 Å². The molecule has 0 saturated carbocycles. The Balaban J connectivity index is 1.86. The summed E-state index contributed by atoms with van der Waals surface area (Å²) in [5.74, 6) is -1.12. The van der Waals surface area contributed by atoms with Crippen molar-refractivity contribution in [3.05, 3.63) is 50.2 Å². The van der Waals surface area contributed by atoms with E-state index in [1.807, 2.05) is 0 Å². The van der Waals surface area contributed by atoms with Crippen LogP contribution < -0.4 is 21.3 Å². The van der Waals surface area contributed by atoms with Gasteiger partial charge in [-0.05, 0) is 36.6 Å². The zero-order valence-electron chi connectivity index (χ0n) is 16.2. The predicted octanol–water partition coefficient (Wildman–Crippen LogP) is 1.87. The van der Waals surface area contributed by atoms with Crippen molar-refractivity contribution in [1.29, 1.82) is 0 Å². The zero-order chi connectivity index (χ0) is 22.5. The number of hydrogen-bond acceptors (Lipinski definition) is 8. The lowest BCUT2D eigenvalue weighted by atomic mass is 10.2. The Hall–Kier alpha value is -3.18. The third-order valence-electron chi connectivity index (χ3n) is 4.63. The Morgan fingerprint density at radius 1 is 1.26 bits per heavy atom. The van der Waals surface area contributed by atoms with Crippen LogP contribution in [-0.4, -0.2) is 45.8 Å². The summed E-state index contributed by atoms with van der Waals surface area (Å²) in [6.45, 7) is 0.250. The first-order chi connectivity index (χ1) is 14.8. The highest BCUT2D eigenvalue weighted by atomic mass is 35.5. The van der Waals surface area contributed by atoms with Crippen molar-refractivity contribution in [3.63, 3.8) is 0 Å². The number of nitrogens with two attached hydrogens (primary N) is 1. The van der Waals surface area contributed by atoms with Gasteiger partial charge >= 0.3 is 5.69 Å². The molecule has 4 N–H and O–H groups in total. The first kappa shape index (κ1) is 22.5. The molecule has 2 heterocycles. The van der Waals surface area contributed by atoms with E-state index in [2.05, 4.69) is 20.6 Å². The van der Waals surface area contributed by atoms with Gasteiger partial charge < -0.3 is 21.3 Å². The summed E-state index contributed by atoms with van der Waals surface area (Å²) in [4.78, 5) is 44.3. The molecule has 2 aromatic rings. The number of benzene rings is 1. The van der Waals surface area contributed by atoms with E-state index in [1.165, 1.54) is 11.2 Å². The SMILES string of the molecule is NC(=O)CNC(=O)C1CCCN1c1ncnc(NCc2cc(Cl)cc(Cl)c2)c1[N+](=O)[O-]. The Kier molecular flexibility index (Phi) is 7.08. The maximum atomic E-state index is 12.5. The van der Waals surface area contributed by atoms with Crippen molar-refractivity contribution < 1.29 is 14.5 Å². The molecule has 13 heteroatoms. The summed E-state index contributed by atoms with van der Waals surface area (Å²) in [6, 6.07) is 4.21.